The number of carbonyl (C=O) groups is 2. The minimum absolute atomic E-state index is 0.115. The van der Waals surface area contributed by atoms with Crippen LogP contribution in [-0.2, 0) is 14.3 Å². The van der Waals surface area contributed by atoms with Crippen molar-refractivity contribution in [2.75, 3.05) is 18.6 Å². The number of aliphatic hydroxyl groups excluding tert-OH is 1. The summed E-state index contributed by atoms with van der Waals surface area (Å²) >= 11 is 1.53. The molecule has 29 heavy (non-hydrogen) atoms. The van der Waals surface area contributed by atoms with Crippen LogP contribution in [0.1, 0.15) is 65.2 Å². The van der Waals surface area contributed by atoms with Crippen LogP contribution in [0, 0.1) is 23.7 Å². The maximum Gasteiger partial charge on any atom is 0.315 e. The Hall–Kier alpha value is -1.29. The fraction of sp³-hybridized carbons (Fsp3) is 0.739. The fourth-order valence-corrected chi connectivity index (χ4v) is 4.55. The summed E-state index contributed by atoms with van der Waals surface area (Å²) in [5, 5.41) is 21.0. The molecule has 0 radical (unpaired) electrons. The predicted octanol–water partition coefficient (Wildman–Crippen LogP) is 3.52. The van der Waals surface area contributed by atoms with Crippen molar-refractivity contribution >= 4 is 23.5 Å². The van der Waals surface area contributed by atoms with Crippen molar-refractivity contribution in [3.63, 3.8) is 0 Å². The molecule has 0 aliphatic heterocycles. The number of esters is 1. The Kier molecular flexibility index (Phi) is 12.3. The highest BCUT2D eigenvalue weighted by atomic mass is 32.2. The highest BCUT2D eigenvalue weighted by molar-refractivity contribution is 7.99. The molecule has 5 nitrogen and oxygen atoms in total. The van der Waals surface area contributed by atoms with Crippen LogP contribution in [-0.4, -0.2) is 52.3 Å². The molecular formula is C23H36O5S. The van der Waals surface area contributed by atoms with Crippen molar-refractivity contribution < 1.29 is 24.5 Å². The van der Waals surface area contributed by atoms with Crippen molar-refractivity contribution in [2.45, 2.75) is 76.9 Å². The third-order valence-electron chi connectivity index (χ3n) is 5.35. The molecule has 4 atom stereocenters. The second-order valence-corrected chi connectivity index (χ2v) is 8.79. The average molecular weight is 425 g/mol. The highest BCUT2D eigenvalue weighted by Gasteiger charge is 2.39. The van der Waals surface area contributed by atoms with Gasteiger partial charge >= 0.3 is 5.97 Å². The number of hydrogen-bond acceptors (Lipinski definition) is 6. The van der Waals surface area contributed by atoms with E-state index in [0.717, 1.165) is 37.9 Å². The van der Waals surface area contributed by atoms with Crippen molar-refractivity contribution in [1.82, 2.24) is 0 Å². The SMILES string of the molecule is CC#CC(O)(CC=C[C@H]1[C@H](O)CC(=O)[C@@H]1CCCCSCC(=O)OC)CCCC. The zero-order valence-electron chi connectivity index (χ0n) is 18.0. The van der Waals surface area contributed by atoms with Gasteiger partial charge in [0, 0.05) is 24.7 Å². The highest BCUT2D eigenvalue weighted by Crippen LogP contribution is 2.34. The van der Waals surface area contributed by atoms with Crippen LogP contribution in [0.4, 0.5) is 0 Å². The van der Waals surface area contributed by atoms with Crippen LogP contribution in [0.5, 0.6) is 0 Å². The lowest BCUT2D eigenvalue weighted by molar-refractivity contribution is -0.137. The normalized spacial score (nSPS) is 23.6. The van der Waals surface area contributed by atoms with Gasteiger partial charge in [-0.05, 0) is 38.4 Å². The Morgan fingerprint density at radius 3 is 2.79 bits per heavy atom. The van der Waals surface area contributed by atoms with E-state index in [9.17, 15) is 19.8 Å². The Morgan fingerprint density at radius 2 is 2.14 bits per heavy atom. The van der Waals surface area contributed by atoms with E-state index in [2.05, 4.69) is 23.5 Å². The summed E-state index contributed by atoms with van der Waals surface area (Å²) in [7, 11) is 1.38. The number of ether oxygens (including phenoxy) is 1. The van der Waals surface area contributed by atoms with Gasteiger partial charge in [-0.3, -0.25) is 9.59 Å². The van der Waals surface area contributed by atoms with Gasteiger partial charge in [0.15, 0.2) is 0 Å². The Labute approximate surface area is 179 Å². The van der Waals surface area contributed by atoms with Crippen LogP contribution in [0.3, 0.4) is 0 Å². The van der Waals surface area contributed by atoms with E-state index in [4.69, 9.17) is 0 Å². The van der Waals surface area contributed by atoms with Gasteiger partial charge in [0.25, 0.3) is 0 Å². The Balaban J connectivity index is 2.54. The molecule has 1 aliphatic rings. The maximum absolute atomic E-state index is 12.3. The zero-order valence-corrected chi connectivity index (χ0v) is 18.8. The van der Waals surface area contributed by atoms with Gasteiger partial charge in [-0.15, -0.1) is 5.92 Å². The first kappa shape index (κ1) is 25.7. The summed E-state index contributed by atoms with van der Waals surface area (Å²) in [5.74, 6) is 6.43. The quantitative estimate of drug-likeness (QED) is 0.204. The number of aliphatic hydroxyl groups is 2. The van der Waals surface area contributed by atoms with E-state index in [1.807, 2.05) is 12.2 Å². The topological polar surface area (TPSA) is 83.8 Å². The number of Topliss-reactive ketones (excluding diaryl/α,β-unsaturated/α-hetero) is 1. The lowest BCUT2D eigenvalue weighted by Crippen LogP contribution is -2.26. The molecule has 0 aromatic rings. The van der Waals surface area contributed by atoms with Crippen molar-refractivity contribution in [3.05, 3.63) is 12.2 Å². The maximum atomic E-state index is 12.3. The van der Waals surface area contributed by atoms with Crippen LogP contribution < -0.4 is 0 Å². The Morgan fingerprint density at radius 1 is 1.38 bits per heavy atom. The predicted molar refractivity (Wildman–Crippen MR) is 117 cm³/mol. The first-order valence-corrected chi connectivity index (χ1v) is 11.7. The number of unbranched alkanes of at least 4 members (excludes halogenated alkanes) is 2. The van der Waals surface area contributed by atoms with E-state index in [0.29, 0.717) is 18.6 Å². The summed E-state index contributed by atoms with van der Waals surface area (Å²) < 4.78 is 4.61. The second-order valence-electron chi connectivity index (χ2n) is 7.69. The molecule has 1 fully saturated rings. The van der Waals surface area contributed by atoms with Gasteiger partial charge in [0.2, 0.25) is 0 Å². The van der Waals surface area contributed by atoms with Crippen LogP contribution in [0.25, 0.3) is 0 Å². The van der Waals surface area contributed by atoms with Crippen molar-refractivity contribution in [3.8, 4) is 11.8 Å². The van der Waals surface area contributed by atoms with E-state index < -0.39 is 11.7 Å². The Bertz CT molecular complexity index is 606. The monoisotopic (exact) mass is 424 g/mol. The molecule has 0 heterocycles. The molecule has 1 saturated carbocycles. The van der Waals surface area contributed by atoms with E-state index >= 15 is 0 Å². The molecule has 0 aromatic carbocycles. The van der Waals surface area contributed by atoms with E-state index in [1.165, 1.54) is 18.9 Å². The van der Waals surface area contributed by atoms with Crippen LogP contribution in [0.15, 0.2) is 12.2 Å². The first-order chi connectivity index (χ1) is 13.9. The smallest absolute Gasteiger partial charge is 0.315 e. The molecule has 0 amide bonds. The number of carbonyl (C=O) groups excluding carboxylic acids is 2. The largest absolute Gasteiger partial charge is 0.468 e. The molecule has 2 N–H and O–H groups in total. The minimum Gasteiger partial charge on any atom is -0.468 e. The van der Waals surface area contributed by atoms with Crippen molar-refractivity contribution in [1.29, 1.82) is 0 Å². The summed E-state index contributed by atoms with van der Waals surface area (Å²) in [6, 6.07) is 0. The molecule has 6 heteroatoms. The van der Waals surface area contributed by atoms with Crippen LogP contribution in [0.2, 0.25) is 0 Å². The molecule has 1 unspecified atom stereocenters. The summed E-state index contributed by atoms with van der Waals surface area (Å²) in [6.45, 7) is 3.80. The summed E-state index contributed by atoms with van der Waals surface area (Å²) in [5.41, 5.74) is -1.04. The molecule has 0 spiro atoms. The van der Waals surface area contributed by atoms with Gasteiger partial charge < -0.3 is 14.9 Å². The number of methoxy groups -OCH3 is 1. The number of ketones is 1. The minimum atomic E-state index is -1.04. The van der Waals surface area contributed by atoms with Gasteiger partial charge in [0.1, 0.15) is 11.4 Å². The molecule has 1 aliphatic carbocycles. The lowest BCUT2D eigenvalue weighted by atomic mass is 9.87. The molecule has 0 aromatic heterocycles. The first-order valence-electron chi connectivity index (χ1n) is 10.5. The summed E-state index contributed by atoms with van der Waals surface area (Å²) in [4.78, 5) is 23.4. The van der Waals surface area contributed by atoms with Crippen molar-refractivity contribution in [2.24, 2.45) is 11.8 Å². The molecule has 164 valence electrons. The zero-order chi connectivity index (χ0) is 21.7. The third kappa shape index (κ3) is 9.37. The van der Waals surface area contributed by atoms with E-state index in [1.54, 1.807) is 6.92 Å². The number of hydrogen-bond donors (Lipinski definition) is 2. The molecule has 1 rings (SSSR count). The molecule has 0 saturated heterocycles. The fourth-order valence-electron chi connectivity index (χ4n) is 3.71. The lowest BCUT2D eigenvalue weighted by Gasteiger charge is -2.21. The number of rotatable bonds is 13. The van der Waals surface area contributed by atoms with E-state index in [-0.39, 0.29) is 30.0 Å². The van der Waals surface area contributed by atoms with Gasteiger partial charge in [-0.2, -0.15) is 11.8 Å². The van der Waals surface area contributed by atoms with Crippen LogP contribution >= 0.6 is 11.8 Å². The molecular weight excluding hydrogens is 388 g/mol. The third-order valence-corrected chi connectivity index (χ3v) is 6.37. The average Bonchev–Trinajstić information content (AvgIpc) is 2.95. The molecule has 0 bridgehead atoms. The number of thioether (sulfide) groups is 1. The summed E-state index contributed by atoms with van der Waals surface area (Å²) in [6.07, 6.45) is 8.78. The standard InChI is InChI=1S/C23H36O5S/c1-4-6-13-23(27,12-5-2)14-9-11-19-18(20(24)16-21(19)25)10-7-8-15-29-17-22(26)28-3/h9,11,18-19,21,25,27H,4,6-8,10,13-17H2,1-3H3/t18-,19-,21-,23?/m1/s1. The van der Waals surface area contributed by atoms with Gasteiger partial charge in [-0.1, -0.05) is 37.8 Å². The van der Waals surface area contributed by atoms with Gasteiger partial charge in [-0.25, -0.2) is 0 Å². The second kappa shape index (κ2) is 13.8. The van der Waals surface area contributed by atoms with Gasteiger partial charge in [0.05, 0.1) is 19.0 Å².